The zero-order valence-corrected chi connectivity index (χ0v) is 20.1. The second-order valence-corrected chi connectivity index (χ2v) is 0.204. The number of rotatable bonds is 0. The molecule has 0 fully saturated rings. The van der Waals surface area contributed by atoms with Crippen LogP contribution in [0.1, 0.15) is 13.8 Å². The molecule has 0 atom stereocenters. The molecule has 1 N–H and O–H groups in total. The fourth-order valence-electron chi connectivity index (χ4n) is 0. The summed E-state index contributed by atoms with van der Waals surface area (Å²) in [6.45, 7) is 6.32. The maximum absolute atomic E-state index is 8.68. The van der Waals surface area contributed by atoms with Gasteiger partial charge in [0.2, 0.25) is 0 Å². The summed E-state index contributed by atoms with van der Waals surface area (Å²) in [4.78, 5) is 8.68. The molecule has 0 aliphatic rings. The van der Waals surface area contributed by atoms with Crippen molar-refractivity contribution in [1.29, 1.82) is 0 Å². The van der Waals surface area contributed by atoms with Crippen LogP contribution in [0, 0.1) is 36.3 Å². The van der Waals surface area contributed by atoms with Crippen molar-refractivity contribution in [2.24, 2.45) is 0 Å². The van der Waals surface area contributed by atoms with Crippen molar-refractivity contribution in [2.45, 2.75) is 13.8 Å². The Morgan fingerprint density at radius 1 is 0.923 bits per heavy atom. The van der Waals surface area contributed by atoms with Crippen molar-refractivity contribution in [1.82, 2.24) is 0 Å². The normalized spacial score (nSPS) is 1.92. The monoisotopic (exact) mass is 265 g/mol. The molecule has 70 valence electrons. The van der Waals surface area contributed by atoms with Gasteiger partial charge in [-0.2, -0.15) is 13.8 Å². The van der Waals surface area contributed by atoms with Gasteiger partial charge in [0.25, 0.3) is 0 Å². The Bertz CT molecular complexity index is 24.9. The second kappa shape index (κ2) is 130. The first-order valence-corrected chi connectivity index (χ1v) is 1.73. The molecule has 0 aromatic rings. The Hall–Kier alpha value is 4.54. The Balaban J connectivity index is -0.00000000218. The first-order chi connectivity index (χ1) is 3.41. The molecule has 0 radical (unpaired) electrons. The average Bonchev–Trinajstić information content (AvgIpc) is 1.78. The van der Waals surface area contributed by atoms with Gasteiger partial charge in [-0.25, -0.2) is 7.11 Å². The molecule has 0 bridgehead atoms. The van der Waals surface area contributed by atoms with E-state index in [4.69, 9.17) is 9.90 Å². The Kier molecular flexibility index (Phi) is 659. The summed E-state index contributed by atoms with van der Waals surface area (Å²) in [6, 6.07) is 0. The fourth-order valence-corrected chi connectivity index (χ4v) is 0. The fraction of sp³-hybridized carbons (Fsp3) is 0.250. The van der Waals surface area contributed by atoms with Gasteiger partial charge in [0.05, 0.1) is 0 Å². The largest absolute Gasteiger partial charge is 1.00 e. The molecular weight excluding hydrogens is 245 g/mol. The SMILES string of the molecule is C[C-]=O.[CH2-]C.[CH2-]O.[CH3-].[CH3-].[CH3-].[K+].[K+].[K+]. The van der Waals surface area contributed by atoms with E-state index in [0.717, 1.165) is 0 Å². The molecule has 0 spiro atoms. The molecule has 0 unspecified atom stereocenters. The first-order valence-electron chi connectivity index (χ1n) is 1.73. The number of aliphatic hydroxyl groups excluding tert-OH is 1. The van der Waals surface area contributed by atoms with E-state index < -0.39 is 0 Å². The number of hydrogen-bond acceptors (Lipinski definition) is 2. The Labute approximate surface area is 214 Å². The van der Waals surface area contributed by atoms with Crippen molar-refractivity contribution in [3.05, 3.63) is 36.3 Å². The van der Waals surface area contributed by atoms with Crippen LogP contribution < -0.4 is 154 Å². The van der Waals surface area contributed by atoms with Crippen LogP contribution >= 0.6 is 0 Å². The molecule has 0 aliphatic heterocycles. The third-order valence-electron chi connectivity index (χ3n) is 0. The van der Waals surface area contributed by atoms with E-state index in [0.29, 0.717) is 0 Å². The zero-order chi connectivity index (χ0) is 6.71. The molecule has 2 nitrogen and oxygen atoms in total. The molecule has 0 rings (SSSR count). The van der Waals surface area contributed by atoms with Crippen molar-refractivity contribution in [2.75, 3.05) is 0 Å². The minimum atomic E-state index is 0. The molecule has 0 aliphatic carbocycles. The van der Waals surface area contributed by atoms with Crippen LogP contribution in [-0.4, -0.2) is 11.4 Å². The summed E-state index contributed by atoms with van der Waals surface area (Å²) in [7, 11) is 2.25. The quantitative estimate of drug-likeness (QED) is 0.349. The zero-order valence-electron chi connectivity index (χ0n) is 10.8. The molecule has 0 aromatic carbocycles. The van der Waals surface area contributed by atoms with Crippen LogP contribution in [0.5, 0.6) is 0 Å². The van der Waals surface area contributed by atoms with Crippen LogP contribution in [0.3, 0.4) is 0 Å². The van der Waals surface area contributed by atoms with E-state index in [-0.39, 0.29) is 176 Å². The first kappa shape index (κ1) is 65.8. The maximum atomic E-state index is 8.68. The van der Waals surface area contributed by atoms with E-state index in [2.05, 4.69) is 14.0 Å². The molecular formula is C8H20K3O2-3. The molecule has 0 saturated carbocycles. The van der Waals surface area contributed by atoms with E-state index in [9.17, 15) is 0 Å². The van der Waals surface area contributed by atoms with Gasteiger partial charge in [0, 0.05) is 0 Å². The molecule has 0 heterocycles. The number of carbonyl (C=O) groups excluding carboxylic acids is 1. The Morgan fingerprint density at radius 2 is 0.923 bits per heavy atom. The summed E-state index contributed by atoms with van der Waals surface area (Å²) in [5.74, 6) is 0. The maximum Gasteiger partial charge on any atom is 1.00 e. The van der Waals surface area contributed by atoms with Gasteiger partial charge in [0.1, 0.15) is 0 Å². The van der Waals surface area contributed by atoms with Crippen molar-refractivity contribution in [3.63, 3.8) is 0 Å². The summed E-state index contributed by atoms with van der Waals surface area (Å²) in [5.41, 5.74) is 0. The van der Waals surface area contributed by atoms with E-state index >= 15 is 0 Å². The molecule has 13 heavy (non-hydrogen) atoms. The van der Waals surface area contributed by atoms with Gasteiger partial charge in [-0.05, 0) is 0 Å². The number of hydrogen-bond donors (Lipinski definition) is 1. The summed E-state index contributed by atoms with van der Waals surface area (Å²) in [5, 5.41) is 6.75. The summed E-state index contributed by atoms with van der Waals surface area (Å²) in [6.07, 6.45) is 1.50. The third kappa shape index (κ3) is 170. The smallest absolute Gasteiger partial charge is 0.569 e. The molecule has 5 heteroatoms. The van der Waals surface area contributed by atoms with E-state index in [1.807, 2.05) is 0 Å². The predicted octanol–water partition coefficient (Wildman–Crippen LogP) is -6.53. The van der Waals surface area contributed by atoms with Gasteiger partial charge in [-0.15, -0.1) is 0 Å². The van der Waals surface area contributed by atoms with Crippen molar-refractivity contribution >= 4 is 6.29 Å². The second-order valence-electron chi connectivity index (χ2n) is 0.204. The summed E-state index contributed by atoms with van der Waals surface area (Å²) >= 11 is 0. The van der Waals surface area contributed by atoms with Crippen LogP contribution in [0.2, 0.25) is 0 Å². The van der Waals surface area contributed by atoms with Gasteiger partial charge in [0.15, 0.2) is 0 Å². The van der Waals surface area contributed by atoms with Crippen molar-refractivity contribution in [3.8, 4) is 0 Å². The molecule has 0 aromatic heterocycles. The van der Waals surface area contributed by atoms with Crippen LogP contribution in [0.15, 0.2) is 0 Å². The van der Waals surface area contributed by atoms with Crippen molar-refractivity contribution < 1.29 is 164 Å². The third-order valence-corrected chi connectivity index (χ3v) is 0. The topological polar surface area (TPSA) is 37.3 Å². The van der Waals surface area contributed by atoms with E-state index in [1.54, 1.807) is 6.92 Å². The van der Waals surface area contributed by atoms with Crippen LogP contribution in [0.4, 0.5) is 0 Å². The predicted molar refractivity (Wildman–Crippen MR) is 48.9 cm³/mol. The van der Waals surface area contributed by atoms with Gasteiger partial charge in [-0.3, -0.25) is 6.29 Å². The Morgan fingerprint density at radius 3 is 0.923 bits per heavy atom. The summed E-state index contributed by atoms with van der Waals surface area (Å²) < 4.78 is 0. The molecule has 0 amide bonds. The van der Waals surface area contributed by atoms with Crippen LogP contribution in [-0.2, 0) is 4.79 Å². The van der Waals surface area contributed by atoms with E-state index in [1.165, 1.54) is 13.2 Å². The minimum absolute atomic E-state index is 0. The average molecular weight is 266 g/mol. The van der Waals surface area contributed by atoms with Gasteiger partial charge < -0.3 is 39.1 Å². The number of aliphatic hydroxyl groups is 1. The minimum Gasteiger partial charge on any atom is -0.569 e. The standard InChI is InChI=1S/C2H3O.C2H5.CH3O.3CH3.3K/c1-2-3;2*1-2;;;;;;/h1H3;1H2,2H3;2H,1H2;3*1H3;;;/q6*-1;3*+1. The van der Waals surface area contributed by atoms with Gasteiger partial charge >= 0.3 is 154 Å². The molecule has 0 saturated heterocycles. The van der Waals surface area contributed by atoms with Gasteiger partial charge in [-0.1, -0.05) is 0 Å². The van der Waals surface area contributed by atoms with Crippen LogP contribution in [0.25, 0.3) is 0 Å².